The summed E-state index contributed by atoms with van der Waals surface area (Å²) < 4.78 is 5.43. The molecule has 2 heterocycles. The third kappa shape index (κ3) is 2.19. The van der Waals surface area contributed by atoms with Crippen LogP contribution in [0.25, 0.3) is 22.3 Å². The average Bonchev–Trinajstić information content (AvgIpc) is 2.53. The molecule has 1 N–H and O–H groups in total. The number of rotatable bonds is 2. The maximum Gasteiger partial charge on any atom is 0.346 e. The number of para-hydroxylation sites is 1. The first-order chi connectivity index (χ1) is 10.6. The van der Waals surface area contributed by atoms with Crippen LogP contribution in [-0.2, 0) is 0 Å². The SMILES string of the molecule is COc1c(C)cccc1-c1nc2[nH]c(=O)ncc2cc1C#N. The Balaban J connectivity index is 2.37. The molecule has 0 spiro atoms. The highest BCUT2D eigenvalue weighted by Crippen LogP contribution is 2.34. The van der Waals surface area contributed by atoms with Crippen molar-refractivity contribution in [1.29, 1.82) is 5.26 Å². The molecule has 0 fully saturated rings. The number of aryl methyl sites for hydroxylation is 1. The van der Waals surface area contributed by atoms with Gasteiger partial charge < -0.3 is 4.74 Å². The lowest BCUT2D eigenvalue weighted by molar-refractivity contribution is 0.413. The fourth-order valence-corrected chi connectivity index (χ4v) is 2.39. The Hall–Kier alpha value is -3.20. The van der Waals surface area contributed by atoms with Gasteiger partial charge >= 0.3 is 5.69 Å². The van der Waals surface area contributed by atoms with E-state index in [0.717, 1.165) is 5.56 Å². The third-order valence-corrected chi connectivity index (χ3v) is 3.39. The Kier molecular flexibility index (Phi) is 3.31. The number of nitrogens with one attached hydrogen (secondary N) is 1. The van der Waals surface area contributed by atoms with Crippen molar-refractivity contribution in [2.24, 2.45) is 0 Å². The fraction of sp³-hybridized carbons (Fsp3) is 0.125. The Morgan fingerprint density at radius 2 is 2.18 bits per heavy atom. The molecule has 3 rings (SSSR count). The summed E-state index contributed by atoms with van der Waals surface area (Å²) in [6, 6.07) is 9.41. The van der Waals surface area contributed by atoms with Gasteiger partial charge in [-0.05, 0) is 24.6 Å². The normalized spacial score (nSPS) is 10.4. The van der Waals surface area contributed by atoms with Crippen LogP contribution in [0.1, 0.15) is 11.1 Å². The number of aromatic nitrogens is 3. The molecule has 1 aromatic carbocycles. The molecule has 0 aliphatic rings. The molecule has 108 valence electrons. The van der Waals surface area contributed by atoms with E-state index >= 15 is 0 Å². The Morgan fingerprint density at radius 1 is 1.36 bits per heavy atom. The minimum absolute atomic E-state index is 0.387. The molecule has 6 heteroatoms. The summed E-state index contributed by atoms with van der Waals surface area (Å²) in [7, 11) is 1.57. The van der Waals surface area contributed by atoms with Gasteiger partial charge in [0, 0.05) is 17.1 Å². The van der Waals surface area contributed by atoms with E-state index in [-0.39, 0.29) is 0 Å². The quantitative estimate of drug-likeness (QED) is 0.781. The van der Waals surface area contributed by atoms with Gasteiger partial charge in [-0.25, -0.2) is 14.8 Å². The van der Waals surface area contributed by atoms with Gasteiger partial charge in [0.1, 0.15) is 17.5 Å². The number of H-pyrrole nitrogens is 1. The van der Waals surface area contributed by atoms with Gasteiger partial charge in [0.15, 0.2) is 0 Å². The number of ether oxygens (including phenoxy) is 1. The van der Waals surface area contributed by atoms with Gasteiger partial charge in [-0.1, -0.05) is 12.1 Å². The molecule has 2 aromatic heterocycles. The summed E-state index contributed by atoms with van der Waals surface area (Å²) >= 11 is 0. The van der Waals surface area contributed by atoms with Crippen LogP contribution in [0.2, 0.25) is 0 Å². The molecular formula is C16H12N4O2. The molecule has 0 unspecified atom stereocenters. The van der Waals surface area contributed by atoms with Crippen LogP contribution in [0, 0.1) is 18.3 Å². The monoisotopic (exact) mass is 292 g/mol. The standard InChI is InChI=1S/C16H12N4O2/c1-9-4-3-5-12(14(9)22-2)13-10(7-17)6-11-8-18-16(21)20-15(11)19-13/h3-6,8H,1-2H3,(H,18,19,20,21). The van der Waals surface area contributed by atoms with E-state index in [1.54, 1.807) is 13.2 Å². The van der Waals surface area contributed by atoms with Crippen LogP contribution >= 0.6 is 0 Å². The van der Waals surface area contributed by atoms with Crippen LogP contribution in [-0.4, -0.2) is 22.1 Å². The third-order valence-electron chi connectivity index (χ3n) is 3.39. The van der Waals surface area contributed by atoms with Crippen LogP contribution in [0.4, 0.5) is 0 Å². The van der Waals surface area contributed by atoms with Crippen molar-refractivity contribution in [3.63, 3.8) is 0 Å². The van der Waals surface area contributed by atoms with Crippen molar-refractivity contribution >= 4 is 11.0 Å². The maximum absolute atomic E-state index is 11.4. The van der Waals surface area contributed by atoms with Crippen molar-refractivity contribution in [3.8, 4) is 23.1 Å². The lowest BCUT2D eigenvalue weighted by atomic mass is 10.0. The summed E-state index contributed by atoms with van der Waals surface area (Å²) in [4.78, 5) is 22.0. The van der Waals surface area contributed by atoms with Gasteiger partial charge in [-0.2, -0.15) is 5.26 Å². The summed E-state index contributed by atoms with van der Waals surface area (Å²) in [5.41, 5.74) is 2.42. The second-order valence-electron chi connectivity index (χ2n) is 4.78. The summed E-state index contributed by atoms with van der Waals surface area (Å²) in [6.45, 7) is 1.92. The van der Waals surface area contributed by atoms with E-state index in [4.69, 9.17) is 4.74 Å². The predicted molar refractivity (Wildman–Crippen MR) is 81.6 cm³/mol. The van der Waals surface area contributed by atoms with E-state index in [9.17, 15) is 10.1 Å². The van der Waals surface area contributed by atoms with E-state index in [0.29, 0.717) is 33.6 Å². The summed E-state index contributed by atoms with van der Waals surface area (Å²) in [5, 5.41) is 10.0. The molecular weight excluding hydrogens is 280 g/mol. The minimum Gasteiger partial charge on any atom is -0.496 e. The molecule has 0 aliphatic heterocycles. The van der Waals surface area contributed by atoms with Gasteiger partial charge in [-0.15, -0.1) is 0 Å². The molecule has 0 saturated heterocycles. The van der Waals surface area contributed by atoms with Gasteiger partial charge in [-0.3, -0.25) is 4.98 Å². The highest BCUT2D eigenvalue weighted by atomic mass is 16.5. The fourth-order valence-electron chi connectivity index (χ4n) is 2.39. The van der Waals surface area contributed by atoms with Crippen LogP contribution in [0.15, 0.2) is 35.3 Å². The second-order valence-corrected chi connectivity index (χ2v) is 4.78. The molecule has 6 nitrogen and oxygen atoms in total. The average molecular weight is 292 g/mol. The summed E-state index contributed by atoms with van der Waals surface area (Å²) in [5.74, 6) is 0.655. The Morgan fingerprint density at radius 3 is 2.91 bits per heavy atom. The first-order valence-electron chi connectivity index (χ1n) is 6.58. The van der Waals surface area contributed by atoms with E-state index in [1.807, 2.05) is 25.1 Å². The topological polar surface area (TPSA) is 91.7 Å². The van der Waals surface area contributed by atoms with Crippen molar-refractivity contribution in [3.05, 3.63) is 52.1 Å². The number of aromatic amines is 1. The van der Waals surface area contributed by atoms with E-state index < -0.39 is 5.69 Å². The molecule has 0 atom stereocenters. The van der Waals surface area contributed by atoms with Crippen molar-refractivity contribution < 1.29 is 4.74 Å². The Bertz CT molecular complexity index is 970. The van der Waals surface area contributed by atoms with Gasteiger partial charge in [0.05, 0.1) is 18.4 Å². The number of hydrogen-bond acceptors (Lipinski definition) is 5. The number of nitriles is 1. The number of benzene rings is 1. The van der Waals surface area contributed by atoms with E-state index in [1.165, 1.54) is 6.20 Å². The molecule has 3 aromatic rings. The van der Waals surface area contributed by atoms with E-state index in [2.05, 4.69) is 21.0 Å². The van der Waals surface area contributed by atoms with Crippen molar-refractivity contribution in [2.45, 2.75) is 6.92 Å². The molecule has 0 radical (unpaired) electrons. The number of methoxy groups -OCH3 is 1. The molecule has 0 bridgehead atoms. The smallest absolute Gasteiger partial charge is 0.346 e. The zero-order valence-electron chi connectivity index (χ0n) is 12.0. The van der Waals surface area contributed by atoms with Crippen LogP contribution in [0.3, 0.4) is 0 Å². The molecule has 0 aliphatic carbocycles. The summed E-state index contributed by atoms with van der Waals surface area (Å²) in [6.07, 6.45) is 1.40. The lowest BCUT2D eigenvalue weighted by Crippen LogP contribution is -2.10. The Labute approximate surface area is 126 Å². The highest BCUT2D eigenvalue weighted by molar-refractivity contribution is 5.83. The minimum atomic E-state index is -0.480. The largest absolute Gasteiger partial charge is 0.496 e. The lowest BCUT2D eigenvalue weighted by Gasteiger charge is -2.12. The maximum atomic E-state index is 11.4. The van der Waals surface area contributed by atoms with Gasteiger partial charge in [0.2, 0.25) is 0 Å². The molecule has 22 heavy (non-hydrogen) atoms. The number of nitrogens with zero attached hydrogens (tertiary/aromatic N) is 3. The van der Waals surface area contributed by atoms with Crippen LogP contribution in [0.5, 0.6) is 5.75 Å². The first kappa shape index (κ1) is 13.8. The number of pyridine rings is 1. The second kappa shape index (κ2) is 5.30. The van der Waals surface area contributed by atoms with Gasteiger partial charge in [0.25, 0.3) is 0 Å². The molecule has 0 amide bonds. The highest BCUT2D eigenvalue weighted by Gasteiger charge is 2.15. The first-order valence-corrected chi connectivity index (χ1v) is 6.58. The molecule has 0 saturated carbocycles. The number of hydrogen-bond donors (Lipinski definition) is 1. The number of fused-ring (bicyclic) bond motifs is 1. The van der Waals surface area contributed by atoms with Crippen molar-refractivity contribution in [2.75, 3.05) is 7.11 Å². The van der Waals surface area contributed by atoms with Crippen LogP contribution < -0.4 is 10.4 Å². The zero-order valence-corrected chi connectivity index (χ0v) is 12.0. The predicted octanol–water partition coefficient (Wildman–Crippen LogP) is 2.17. The zero-order chi connectivity index (χ0) is 15.7. The van der Waals surface area contributed by atoms with Crippen molar-refractivity contribution in [1.82, 2.24) is 15.0 Å².